The van der Waals surface area contributed by atoms with Crippen molar-refractivity contribution >= 4 is 28.9 Å². The number of nitrogens with one attached hydrogen (secondary N) is 1. The number of amides is 1. The average Bonchev–Trinajstić information content (AvgIpc) is 3.05. The Balaban J connectivity index is 1.67. The molecule has 3 N–H and O–H groups in total. The second-order valence-electron chi connectivity index (χ2n) is 6.21. The molecule has 2 fully saturated rings. The van der Waals surface area contributed by atoms with Gasteiger partial charge in [0.1, 0.15) is 6.04 Å². The quantitative estimate of drug-likeness (QED) is 0.836. The lowest BCUT2D eigenvalue weighted by Crippen LogP contribution is -2.21. The van der Waals surface area contributed by atoms with Crippen LogP contribution in [0.2, 0.25) is 5.02 Å². The van der Waals surface area contributed by atoms with Crippen LogP contribution < -0.4 is 16.0 Å². The molecule has 1 aromatic rings. The number of hydrogen-bond donors (Lipinski definition) is 2. The zero-order chi connectivity index (χ0) is 13.9. The summed E-state index contributed by atoms with van der Waals surface area (Å²) >= 11 is 6.42. The molecule has 0 bridgehead atoms. The molecule has 1 amide bonds. The van der Waals surface area contributed by atoms with E-state index >= 15 is 0 Å². The van der Waals surface area contributed by atoms with Crippen LogP contribution in [0.1, 0.15) is 30.9 Å². The van der Waals surface area contributed by atoms with E-state index in [0.717, 1.165) is 41.9 Å². The summed E-state index contributed by atoms with van der Waals surface area (Å²) in [6.45, 7) is 2.17. The predicted octanol–water partition coefficient (Wildman–Crippen LogP) is 2.53. The molecule has 0 radical (unpaired) electrons. The third-order valence-corrected chi connectivity index (χ3v) is 5.36. The highest BCUT2D eigenvalue weighted by atomic mass is 35.5. The van der Waals surface area contributed by atoms with Gasteiger partial charge >= 0.3 is 0 Å². The molecule has 0 aromatic heterocycles. The maximum absolute atomic E-state index is 11.6. The molecular weight excluding hydrogens is 274 g/mol. The number of carbonyl (C=O) groups excluding carboxylic acids is 1. The van der Waals surface area contributed by atoms with Gasteiger partial charge in [-0.2, -0.15) is 0 Å². The fraction of sp³-hybridized carbons (Fsp3) is 0.533. The van der Waals surface area contributed by atoms with Crippen molar-refractivity contribution < 1.29 is 4.79 Å². The van der Waals surface area contributed by atoms with Gasteiger partial charge < -0.3 is 16.0 Å². The molecule has 2 aliphatic heterocycles. The van der Waals surface area contributed by atoms with E-state index in [1.807, 2.05) is 12.1 Å². The van der Waals surface area contributed by atoms with Crippen molar-refractivity contribution in [1.82, 2.24) is 0 Å². The summed E-state index contributed by atoms with van der Waals surface area (Å²) in [4.78, 5) is 14.0. The Bertz CT molecular complexity index is 577. The van der Waals surface area contributed by atoms with Crippen molar-refractivity contribution in [2.75, 3.05) is 23.3 Å². The molecule has 1 saturated heterocycles. The normalized spacial score (nSPS) is 31.4. The lowest BCUT2D eigenvalue weighted by atomic mass is 10.0. The minimum atomic E-state index is -0.588. The van der Waals surface area contributed by atoms with Crippen LogP contribution in [0.25, 0.3) is 0 Å². The molecule has 1 saturated carbocycles. The first-order valence-corrected chi connectivity index (χ1v) is 7.66. The van der Waals surface area contributed by atoms with Crippen molar-refractivity contribution in [2.45, 2.75) is 25.3 Å². The second-order valence-corrected chi connectivity index (χ2v) is 6.62. The standard InChI is InChI=1S/C15H18ClN3O/c16-11-4-10-12(18-15(20)14(10)17)5-13(11)19-6-8-2-1-3-9(8)7-19/h4-5,8-9,14H,1-3,6-7,17H2,(H,18,20). The Labute approximate surface area is 123 Å². The summed E-state index contributed by atoms with van der Waals surface area (Å²) in [5.74, 6) is 1.49. The summed E-state index contributed by atoms with van der Waals surface area (Å²) in [6, 6.07) is 3.25. The number of rotatable bonds is 1. The van der Waals surface area contributed by atoms with Crippen molar-refractivity contribution in [2.24, 2.45) is 17.6 Å². The molecule has 1 aromatic carbocycles. The number of nitrogens with two attached hydrogens (primary N) is 1. The molecule has 3 atom stereocenters. The van der Waals surface area contributed by atoms with Crippen molar-refractivity contribution in [3.63, 3.8) is 0 Å². The van der Waals surface area contributed by atoms with Gasteiger partial charge in [0.05, 0.1) is 10.7 Å². The second kappa shape index (κ2) is 4.37. The molecular formula is C15H18ClN3O. The molecule has 3 aliphatic rings. The highest BCUT2D eigenvalue weighted by Gasteiger charge is 2.37. The van der Waals surface area contributed by atoms with Crippen LogP contribution in [-0.2, 0) is 4.79 Å². The molecule has 4 nitrogen and oxygen atoms in total. The Kier molecular flexibility index (Phi) is 2.72. The van der Waals surface area contributed by atoms with E-state index in [1.165, 1.54) is 19.3 Å². The molecule has 1 aliphatic carbocycles. The Morgan fingerprint density at radius 3 is 2.65 bits per heavy atom. The van der Waals surface area contributed by atoms with Gasteiger partial charge in [-0.25, -0.2) is 0 Å². The van der Waals surface area contributed by atoms with E-state index in [9.17, 15) is 4.79 Å². The Morgan fingerprint density at radius 2 is 1.95 bits per heavy atom. The number of nitrogens with zero attached hydrogens (tertiary/aromatic N) is 1. The monoisotopic (exact) mass is 291 g/mol. The maximum Gasteiger partial charge on any atom is 0.245 e. The molecule has 3 unspecified atom stereocenters. The molecule has 5 heteroatoms. The van der Waals surface area contributed by atoms with Crippen molar-refractivity contribution in [3.05, 3.63) is 22.7 Å². The van der Waals surface area contributed by atoms with Crippen molar-refractivity contribution in [3.8, 4) is 0 Å². The topological polar surface area (TPSA) is 58.4 Å². The van der Waals surface area contributed by atoms with Crippen LogP contribution in [0.5, 0.6) is 0 Å². The zero-order valence-electron chi connectivity index (χ0n) is 11.2. The fourth-order valence-corrected chi connectivity index (χ4v) is 4.26. The maximum atomic E-state index is 11.6. The lowest BCUT2D eigenvalue weighted by molar-refractivity contribution is -0.116. The third-order valence-electron chi connectivity index (χ3n) is 5.06. The van der Waals surface area contributed by atoms with E-state index in [-0.39, 0.29) is 5.91 Å². The number of carbonyl (C=O) groups is 1. The highest BCUT2D eigenvalue weighted by molar-refractivity contribution is 6.33. The van der Waals surface area contributed by atoms with E-state index in [2.05, 4.69) is 10.2 Å². The first-order chi connectivity index (χ1) is 9.63. The molecule has 106 valence electrons. The van der Waals surface area contributed by atoms with Gasteiger partial charge in [0, 0.05) is 24.3 Å². The summed E-state index contributed by atoms with van der Waals surface area (Å²) in [5, 5.41) is 3.54. The van der Waals surface area contributed by atoms with Gasteiger partial charge in [-0.3, -0.25) is 4.79 Å². The number of anilines is 2. The molecule has 2 heterocycles. The van der Waals surface area contributed by atoms with Gasteiger partial charge in [0.15, 0.2) is 0 Å². The van der Waals surface area contributed by atoms with Crippen LogP contribution in [-0.4, -0.2) is 19.0 Å². The SMILES string of the molecule is NC1C(=O)Nc2cc(N3CC4CCCC4C3)c(Cl)cc21. The minimum absolute atomic E-state index is 0.147. The smallest absolute Gasteiger partial charge is 0.245 e. The first-order valence-electron chi connectivity index (χ1n) is 7.28. The highest BCUT2D eigenvalue weighted by Crippen LogP contribution is 2.44. The van der Waals surface area contributed by atoms with Gasteiger partial charge in [-0.1, -0.05) is 18.0 Å². The summed E-state index contributed by atoms with van der Waals surface area (Å²) in [5.41, 5.74) is 8.52. The van der Waals surface area contributed by atoms with Gasteiger partial charge in [0.2, 0.25) is 5.91 Å². The van der Waals surface area contributed by atoms with Gasteiger partial charge in [-0.15, -0.1) is 0 Å². The fourth-order valence-electron chi connectivity index (χ4n) is 3.97. The van der Waals surface area contributed by atoms with Crippen LogP contribution >= 0.6 is 11.6 Å². The van der Waals surface area contributed by atoms with E-state index in [0.29, 0.717) is 5.02 Å². The van der Waals surface area contributed by atoms with Crippen LogP contribution in [0.15, 0.2) is 12.1 Å². The van der Waals surface area contributed by atoms with Crippen LogP contribution in [0.4, 0.5) is 11.4 Å². The minimum Gasteiger partial charge on any atom is -0.370 e. The molecule has 0 spiro atoms. The molecule has 4 rings (SSSR count). The van der Waals surface area contributed by atoms with E-state index in [1.54, 1.807) is 0 Å². The van der Waals surface area contributed by atoms with Gasteiger partial charge in [0.25, 0.3) is 0 Å². The number of benzene rings is 1. The summed E-state index contributed by atoms with van der Waals surface area (Å²) in [6.07, 6.45) is 4.04. The Hall–Kier alpha value is -1.26. The Morgan fingerprint density at radius 1 is 1.25 bits per heavy atom. The zero-order valence-corrected chi connectivity index (χ0v) is 12.0. The number of fused-ring (bicyclic) bond motifs is 2. The first kappa shape index (κ1) is 12.5. The molecule has 20 heavy (non-hydrogen) atoms. The average molecular weight is 292 g/mol. The largest absolute Gasteiger partial charge is 0.370 e. The van der Waals surface area contributed by atoms with Crippen LogP contribution in [0.3, 0.4) is 0 Å². The lowest BCUT2D eigenvalue weighted by Gasteiger charge is -2.22. The third kappa shape index (κ3) is 1.75. The number of halogens is 1. The van der Waals surface area contributed by atoms with E-state index in [4.69, 9.17) is 17.3 Å². The summed E-state index contributed by atoms with van der Waals surface area (Å²) in [7, 11) is 0. The van der Waals surface area contributed by atoms with Crippen LogP contribution in [0, 0.1) is 11.8 Å². The number of hydrogen-bond acceptors (Lipinski definition) is 3. The van der Waals surface area contributed by atoms with E-state index < -0.39 is 6.04 Å². The predicted molar refractivity (Wildman–Crippen MR) is 80.1 cm³/mol. The van der Waals surface area contributed by atoms with Gasteiger partial charge in [-0.05, 0) is 36.8 Å². The van der Waals surface area contributed by atoms with Crippen molar-refractivity contribution in [1.29, 1.82) is 0 Å². The summed E-state index contributed by atoms with van der Waals surface area (Å²) < 4.78 is 0.